The number of aryl methyl sites for hydroxylation is 1. The van der Waals surface area contributed by atoms with Crippen LogP contribution < -0.4 is 0 Å². The third-order valence-electron chi connectivity index (χ3n) is 1.61. The van der Waals surface area contributed by atoms with Crippen molar-refractivity contribution < 1.29 is 14.6 Å². The minimum atomic E-state index is -0.377. The molecule has 0 aliphatic heterocycles. The Labute approximate surface area is 74.6 Å². The van der Waals surface area contributed by atoms with Crippen molar-refractivity contribution in [3.05, 3.63) is 21.4 Å². The van der Waals surface area contributed by atoms with Crippen molar-refractivity contribution in [1.82, 2.24) is 0 Å². The quantitative estimate of drug-likeness (QED) is 0.709. The number of aliphatic hydroxyl groups is 1. The molecule has 0 unspecified atom stereocenters. The molecule has 1 aromatic rings. The second-order valence-corrected chi connectivity index (χ2v) is 3.43. The SMILES string of the molecule is COC(=O)c1c(CO)csc1C. The number of carbonyl (C=O) groups excluding carboxylic acids is 1. The summed E-state index contributed by atoms with van der Waals surface area (Å²) in [6.07, 6.45) is 0. The van der Waals surface area contributed by atoms with Crippen LogP contribution in [0.5, 0.6) is 0 Å². The fraction of sp³-hybridized carbons (Fsp3) is 0.375. The molecule has 0 aromatic carbocycles. The van der Waals surface area contributed by atoms with Gasteiger partial charge in [-0.3, -0.25) is 0 Å². The number of aliphatic hydroxyl groups excluding tert-OH is 1. The second kappa shape index (κ2) is 3.69. The number of hydrogen-bond donors (Lipinski definition) is 1. The third-order valence-corrected chi connectivity index (χ3v) is 2.57. The van der Waals surface area contributed by atoms with E-state index in [1.165, 1.54) is 18.4 Å². The lowest BCUT2D eigenvalue weighted by molar-refractivity contribution is 0.0597. The third kappa shape index (κ3) is 1.49. The maximum atomic E-state index is 11.1. The molecule has 0 fully saturated rings. The average molecular weight is 186 g/mol. The molecule has 0 radical (unpaired) electrons. The van der Waals surface area contributed by atoms with E-state index in [0.717, 1.165) is 4.88 Å². The maximum Gasteiger partial charge on any atom is 0.339 e. The first-order valence-corrected chi connectivity index (χ1v) is 4.34. The van der Waals surface area contributed by atoms with Gasteiger partial charge in [0.15, 0.2) is 0 Å². The molecule has 12 heavy (non-hydrogen) atoms. The predicted molar refractivity (Wildman–Crippen MR) is 46.3 cm³/mol. The van der Waals surface area contributed by atoms with E-state index in [-0.39, 0.29) is 12.6 Å². The van der Waals surface area contributed by atoms with E-state index in [1.807, 2.05) is 6.92 Å². The number of esters is 1. The van der Waals surface area contributed by atoms with Crippen LogP contribution in [0.15, 0.2) is 5.38 Å². The molecule has 0 saturated carbocycles. The Bertz CT molecular complexity index is 290. The lowest BCUT2D eigenvalue weighted by Crippen LogP contribution is -2.04. The Hall–Kier alpha value is -0.870. The molecule has 0 aliphatic carbocycles. The Morgan fingerprint density at radius 2 is 2.42 bits per heavy atom. The molecule has 1 N–H and O–H groups in total. The highest BCUT2D eigenvalue weighted by molar-refractivity contribution is 7.10. The van der Waals surface area contributed by atoms with Gasteiger partial charge in [-0.2, -0.15) is 0 Å². The zero-order chi connectivity index (χ0) is 9.14. The predicted octanol–water partition coefficient (Wildman–Crippen LogP) is 1.34. The smallest absolute Gasteiger partial charge is 0.339 e. The van der Waals surface area contributed by atoms with Gasteiger partial charge in [-0.1, -0.05) is 0 Å². The van der Waals surface area contributed by atoms with E-state index in [2.05, 4.69) is 4.74 Å². The van der Waals surface area contributed by atoms with Gasteiger partial charge in [0.2, 0.25) is 0 Å². The monoisotopic (exact) mass is 186 g/mol. The summed E-state index contributed by atoms with van der Waals surface area (Å²) in [7, 11) is 1.33. The summed E-state index contributed by atoms with van der Waals surface area (Å²) in [5.74, 6) is -0.377. The molecule has 4 heteroatoms. The highest BCUT2D eigenvalue weighted by Gasteiger charge is 2.15. The molecule has 0 amide bonds. The number of rotatable bonds is 2. The molecule has 1 rings (SSSR count). The Morgan fingerprint density at radius 3 is 2.92 bits per heavy atom. The number of hydrogen-bond acceptors (Lipinski definition) is 4. The van der Waals surface area contributed by atoms with Gasteiger partial charge in [0.05, 0.1) is 19.3 Å². The first-order valence-electron chi connectivity index (χ1n) is 3.46. The Kier molecular flexibility index (Phi) is 2.83. The van der Waals surface area contributed by atoms with Gasteiger partial charge < -0.3 is 9.84 Å². The first-order chi connectivity index (χ1) is 5.70. The number of thiophene rings is 1. The number of methoxy groups -OCH3 is 1. The fourth-order valence-corrected chi connectivity index (χ4v) is 1.84. The van der Waals surface area contributed by atoms with Gasteiger partial charge in [0.25, 0.3) is 0 Å². The van der Waals surface area contributed by atoms with Crippen LogP contribution in [-0.4, -0.2) is 18.2 Å². The molecular formula is C8H10O3S. The minimum Gasteiger partial charge on any atom is -0.465 e. The van der Waals surface area contributed by atoms with E-state index in [1.54, 1.807) is 5.38 Å². The van der Waals surface area contributed by atoms with Gasteiger partial charge in [0, 0.05) is 10.4 Å². The van der Waals surface area contributed by atoms with Crippen molar-refractivity contribution in [2.24, 2.45) is 0 Å². The largest absolute Gasteiger partial charge is 0.465 e. The summed E-state index contributed by atoms with van der Waals surface area (Å²) in [4.78, 5) is 12.0. The molecule has 1 aromatic heterocycles. The highest BCUT2D eigenvalue weighted by atomic mass is 32.1. The van der Waals surface area contributed by atoms with Crippen LogP contribution >= 0.6 is 11.3 Å². The van der Waals surface area contributed by atoms with Crippen LogP contribution in [0.25, 0.3) is 0 Å². The lowest BCUT2D eigenvalue weighted by atomic mass is 10.1. The molecule has 0 aliphatic rings. The van der Waals surface area contributed by atoms with Crippen LogP contribution in [0.4, 0.5) is 0 Å². The molecule has 66 valence electrons. The average Bonchev–Trinajstić information content (AvgIpc) is 2.45. The second-order valence-electron chi connectivity index (χ2n) is 2.34. The van der Waals surface area contributed by atoms with Crippen molar-refractivity contribution in [2.75, 3.05) is 7.11 Å². The molecular weight excluding hydrogens is 176 g/mol. The topological polar surface area (TPSA) is 46.5 Å². The summed E-state index contributed by atoms with van der Waals surface area (Å²) in [6.45, 7) is 1.71. The van der Waals surface area contributed by atoms with E-state index in [0.29, 0.717) is 11.1 Å². The molecule has 0 saturated heterocycles. The Balaban J connectivity index is 3.10. The molecule has 3 nitrogen and oxygen atoms in total. The normalized spacial score (nSPS) is 9.92. The van der Waals surface area contributed by atoms with Crippen LogP contribution in [0.1, 0.15) is 20.8 Å². The molecule has 0 spiro atoms. The Morgan fingerprint density at radius 1 is 1.75 bits per heavy atom. The van der Waals surface area contributed by atoms with Gasteiger partial charge in [-0.05, 0) is 12.3 Å². The molecule has 0 bridgehead atoms. The maximum absolute atomic E-state index is 11.1. The van der Waals surface area contributed by atoms with E-state index >= 15 is 0 Å². The highest BCUT2D eigenvalue weighted by Crippen LogP contribution is 2.22. The van der Waals surface area contributed by atoms with Gasteiger partial charge in [-0.15, -0.1) is 11.3 Å². The van der Waals surface area contributed by atoms with E-state index < -0.39 is 0 Å². The number of ether oxygens (including phenoxy) is 1. The molecule has 1 heterocycles. The summed E-state index contributed by atoms with van der Waals surface area (Å²) >= 11 is 1.44. The molecule has 0 atom stereocenters. The summed E-state index contributed by atoms with van der Waals surface area (Å²) in [5.41, 5.74) is 1.15. The first kappa shape index (κ1) is 9.22. The van der Waals surface area contributed by atoms with Crippen LogP contribution in [-0.2, 0) is 11.3 Å². The standard InChI is InChI=1S/C8H10O3S/c1-5-7(8(10)11-2)6(3-9)4-12-5/h4,9H,3H2,1-2H3. The number of carbonyl (C=O) groups is 1. The lowest BCUT2D eigenvalue weighted by Gasteiger charge is -1.99. The van der Waals surface area contributed by atoms with Crippen molar-refractivity contribution in [2.45, 2.75) is 13.5 Å². The van der Waals surface area contributed by atoms with Crippen molar-refractivity contribution in [1.29, 1.82) is 0 Å². The van der Waals surface area contributed by atoms with E-state index in [9.17, 15) is 4.79 Å². The van der Waals surface area contributed by atoms with Crippen molar-refractivity contribution >= 4 is 17.3 Å². The fourth-order valence-electron chi connectivity index (χ4n) is 0.997. The zero-order valence-electron chi connectivity index (χ0n) is 6.96. The van der Waals surface area contributed by atoms with Crippen LogP contribution in [0, 0.1) is 6.92 Å². The van der Waals surface area contributed by atoms with Crippen molar-refractivity contribution in [3.8, 4) is 0 Å². The minimum absolute atomic E-state index is 0.116. The van der Waals surface area contributed by atoms with Gasteiger partial charge in [-0.25, -0.2) is 4.79 Å². The van der Waals surface area contributed by atoms with Gasteiger partial charge >= 0.3 is 5.97 Å². The van der Waals surface area contributed by atoms with E-state index in [4.69, 9.17) is 5.11 Å². The van der Waals surface area contributed by atoms with Crippen molar-refractivity contribution in [3.63, 3.8) is 0 Å². The van der Waals surface area contributed by atoms with Crippen LogP contribution in [0.2, 0.25) is 0 Å². The van der Waals surface area contributed by atoms with Gasteiger partial charge in [0.1, 0.15) is 0 Å². The van der Waals surface area contributed by atoms with Crippen LogP contribution in [0.3, 0.4) is 0 Å². The summed E-state index contributed by atoms with van der Waals surface area (Å²) in [5, 5.41) is 10.6. The summed E-state index contributed by atoms with van der Waals surface area (Å²) in [6, 6.07) is 0. The zero-order valence-corrected chi connectivity index (χ0v) is 7.77. The summed E-state index contributed by atoms with van der Waals surface area (Å²) < 4.78 is 4.57.